The van der Waals surface area contributed by atoms with Crippen molar-refractivity contribution in [2.75, 3.05) is 13.3 Å². The minimum absolute atomic E-state index is 0.316. The fraction of sp³-hybridized carbons (Fsp3) is 0.353. The van der Waals surface area contributed by atoms with Gasteiger partial charge >= 0.3 is 7.60 Å². The summed E-state index contributed by atoms with van der Waals surface area (Å²) >= 11 is 0. The number of carbonyl (C=O) groups excluding carboxylic acids is 1. The lowest BCUT2D eigenvalue weighted by Gasteiger charge is -2.26. The molecule has 2 aliphatic rings. The smallest absolute Gasteiger partial charge is 0.376 e. The molecule has 0 saturated carbocycles. The minimum atomic E-state index is -3.14. The van der Waals surface area contributed by atoms with E-state index < -0.39 is 7.60 Å². The van der Waals surface area contributed by atoms with Crippen molar-refractivity contribution in [3.63, 3.8) is 0 Å². The SMILES string of the molecule is CCOP(C)(=O)Oc1ccc2c(c1)OC1=C(C=O)CCCC1=C2. The lowest BCUT2D eigenvalue weighted by atomic mass is 9.91. The van der Waals surface area contributed by atoms with Gasteiger partial charge < -0.3 is 13.8 Å². The summed E-state index contributed by atoms with van der Waals surface area (Å²) in [6.45, 7) is 3.51. The first-order chi connectivity index (χ1) is 11.0. The van der Waals surface area contributed by atoms with Gasteiger partial charge in [-0.1, -0.05) is 0 Å². The van der Waals surface area contributed by atoms with Crippen LogP contribution in [-0.4, -0.2) is 19.6 Å². The Labute approximate surface area is 135 Å². The molecule has 0 fully saturated rings. The molecule has 0 spiro atoms. The topological polar surface area (TPSA) is 61.8 Å². The number of rotatable bonds is 5. The number of aldehydes is 1. The van der Waals surface area contributed by atoms with Crippen LogP contribution in [0.15, 0.2) is 35.1 Å². The highest BCUT2D eigenvalue weighted by Crippen LogP contribution is 2.46. The number of allylic oxidation sites excluding steroid dienone is 2. The van der Waals surface area contributed by atoms with Gasteiger partial charge in [-0.15, -0.1) is 0 Å². The van der Waals surface area contributed by atoms with Gasteiger partial charge in [0.05, 0.1) is 6.61 Å². The summed E-state index contributed by atoms with van der Waals surface area (Å²) in [5.41, 5.74) is 2.66. The predicted octanol–water partition coefficient (Wildman–Crippen LogP) is 4.34. The lowest BCUT2D eigenvalue weighted by Crippen LogP contribution is -2.13. The lowest BCUT2D eigenvalue weighted by molar-refractivity contribution is -0.105. The minimum Gasteiger partial charge on any atom is -0.456 e. The second-order valence-electron chi connectivity index (χ2n) is 5.58. The van der Waals surface area contributed by atoms with Crippen LogP contribution in [-0.2, 0) is 13.9 Å². The maximum absolute atomic E-state index is 12.1. The molecule has 1 aromatic carbocycles. The molecule has 1 heterocycles. The molecule has 5 nitrogen and oxygen atoms in total. The third kappa shape index (κ3) is 3.41. The molecule has 0 aromatic heterocycles. The summed E-state index contributed by atoms with van der Waals surface area (Å²) in [5.74, 6) is 1.67. The summed E-state index contributed by atoms with van der Waals surface area (Å²) < 4.78 is 28.6. The van der Waals surface area contributed by atoms with Crippen LogP contribution < -0.4 is 9.26 Å². The summed E-state index contributed by atoms with van der Waals surface area (Å²) in [5, 5.41) is 0. The van der Waals surface area contributed by atoms with E-state index in [2.05, 4.69) is 0 Å². The van der Waals surface area contributed by atoms with Gasteiger partial charge in [-0.25, -0.2) is 4.57 Å². The van der Waals surface area contributed by atoms with Crippen molar-refractivity contribution >= 4 is 20.0 Å². The van der Waals surface area contributed by atoms with Crippen molar-refractivity contribution in [2.24, 2.45) is 0 Å². The fourth-order valence-electron chi connectivity index (χ4n) is 2.81. The standard InChI is InChI=1S/C17H19O5P/c1-3-20-23(2,19)22-15-8-7-12-9-13-5-4-6-14(11-18)17(13)21-16(12)10-15/h7-11H,3-6H2,1-2H3. The number of benzene rings is 1. The predicted molar refractivity (Wildman–Crippen MR) is 87.8 cm³/mol. The van der Waals surface area contributed by atoms with Crippen LogP contribution in [0.1, 0.15) is 31.7 Å². The Morgan fingerprint density at radius 3 is 2.91 bits per heavy atom. The van der Waals surface area contributed by atoms with E-state index in [0.29, 0.717) is 29.4 Å². The molecule has 1 atom stereocenters. The molecule has 1 aliphatic carbocycles. The van der Waals surface area contributed by atoms with Crippen molar-refractivity contribution in [3.05, 3.63) is 40.7 Å². The Bertz CT molecular complexity index is 747. The second kappa shape index (κ2) is 6.34. The van der Waals surface area contributed by atoms with Gasteiger partial charge in [0, 0.05) is 23.9 Å². The highest BCUT2D eigenvalue weighted by Gasteiger charge is 2.25. The largest absolute Gasteiger partial charge is 0.456 e. The zero-order chi connectivity index (χ0) is 16.4. The van der Waals surface area contributed by atoms with Gasteiger partial charge in [0.15, 0.2) is 0 Å². The van der Waals surface area contributed by atoms with Crippen molar-refractivity contribution in [3.8, 4) is 11.5 Å². The van der Waals surface area contributed by atoms with Crippen molar-refractivity contribution < 1.29 is 23.1 Å². The molecule has 3 rings (SSSR count). The van der Waals surface area contributed by atoms with Crippen LogP contribution in [0.25, 0.3) is 6.08 Å². The Morgan fingerprint density at radius 2 is 2.17 bits per heavy atom. The molecule has 0 bridgehead atoms. The van der Waals surface area contributed by atoms with Gasteiger partial charge in [0.1, 0.15) is 23.5 Å². The van der Waals surface area contributed by atoms with Crippen LogP contribution in [0.2, 0.25) is 0 Å². The Balaban J connectivity index is 1.92. The monoisotopic (exact) mass is 334 g/mol. The van der Waals surface area contributed by atoms with E-state index >= 15 is 0 Å². The third-order valence-corrected chi connectivity index (χ3v) is 5.05. The average Bonchev–Trinajstić information content (AvgIpc) is 2.51. The molecular weight excluding hydrogens is 315 g/mol. The van der Waals surface area contributed by atoms with Crippen LogP contribution in [0.3, 0.4) is 0 Å². The highest BCUT2D eigenvalue weighted by molar-refractivity contribution is 7.53. The van der Waals surface area contributed by atoms with E-state index in [1.807, 2.05) is 12.1 Å². The molecule has 6 heteroatoms. The Kier molecular flexibility index (Phi) is 4.42. The highest BCUT2D eigenvalue weighted by atomic mass is 31.2. The number of hydrogen-bond acceptors (Lipinski definition) is 5. The van der Waals surface area contributed by atoms with E-state index in [0.717, 1.165) is 36.7 Å². The quantitative estimate of drug-likeness (QED) is 0.592. The molecule has 0 radical (unpaired) electrons. The molecule has 0 saturated heterocycles. The molecule has 1 unspecified atom stereocenters. The van der Waals surface area contributed by atoms with E-state index in [1.165, 1.54) is 6.66 Å². The zero-order valence-electron chi connectivity index (χ0n) is 13.2. The number of fused-ring (bicyclic) bond motifs is 2. The molecule has 0 N–H and O–H groups in total. The Hall–Kier alpha value is -1.84. The number of hydrogen-bond donors (Lipinski definition) is 0. The summed E-state index contributed by atoms with van der Waals surface area (Å²) in [6.07, 6.45) is 5.49. The van der Waals surface area contributed by atoms with Crippen LogP contribution in [0.5, 0.6) is 11.5 Å². The van der Waals surface area contributed by atoms with Crippen molar-refractivity contribution in [2.45, 2.75) is 26.2 Å². The first kappa shape index (κ1) is 16.0. The maximum Gasteiger partial charge on any atom is 0.376 e. The molecule has 0 amide bonds. The second-order valence-corrected chi connectivity index (χ2v) is 7.56. The molecule has 23 heavy (non-hydrogen) atoms. The van der Waals surface area contributed by atoms with Gasteiger partial charge in [-0.05, 0) is 50.0 Å². The first-order valence-corrected chi connectivity index (χ1v) is 9.64. The summed E-state index contributed by atoms with van der Waals surface area (Å²) in [6, 6.07) is 5.28. The van der Waals surface area contributed by atoms with E-state index in [1.54, 1.807) is 19.1 Å². The van der Waals surface area contributed by atoms with Gasteiger partial charge in [0.25, 0.3) is 0 Å². The van der Waals surface area contributed by atoms with Gasteiger partial charge in [-0.2, -0.15) is 0 Å². The maximum atomic E-state index is 12.1. The van der Waals surface area contributed by atoms with E-state index in [4.69, 9.17) is 13.8 Å². The number of carbonyl (C=O) groups is 1. The zero-order valence-corrected chi connectivity index (χ0v) is 14.1. The summed E-state index contributed by atoms with van der Waals surface area (Å²) in [7, 11) is -3.14. The molecular formula is C17H19O5P. The molecule has 1 aromatic rings. The van der Waals surface area contributed by atoms with E-state index in [9.17, 15) is 9.36 Å². The number of ether oxygens (including phenoxy) is 1. The van der Waals surface area contributed by atoms with E-state index in [-0.39, 0.29) is 0 Å². The third-order valence-electron chi connectivity index (χ3n) is 3.78. The van der Waals surface area contributed by atoms with Crippen molar-refractivity contribution in [1.82, 2.24) is 0 Å². The normalized spacial score (nSPS) is 19.0. The summed E-state index contributed by atoms with van der Waals surface area (Å²) in [4.78, 5) is 11.2. The fourth-order valence-corrected chi connectivity index (χ4v) is 3.83. The Morgan fingerprint density at radius 1 is 1.35 bits per heavy atom. The average molecular weight is 334 g/mol. The van der Waals surface area contributed by atoms with Crippen LogP contribution in [0.4, 0.5) is 0 Å². The molecule has 122 valence electrons. The van der Waals surface area contributed by atoms with Crippen molar-refractivity contribution in [1.29, 1.82) is 0 Å². The van der Waals surface area contributed by atoms with Gasteiger partial charge in [0.2, 0.25) is 0 Å². The van der Waals surface area contributed by atoms with Crippen LogP contribution >= 0.6 is 7.60 Å². The molecule has 1 aliphatic heterocycles. The van der Waals surface area contributed by atoms with Gasteiger partial charge in [-0.3, -0.25) is 4.79 Å². The first-order valence-electron chi connectivity index (χ1n) is 7.65. The van der Waals surface area contributed by atoms with Crippen LogP contribution in [0, 0.1) is 0 Å².